The maximum atomic E-state index is 6.12. The van der Waals surface area contributed by atoms with Crippen molar-refractivity contribution in [2.24, 2.45) is 0 Å². The Hall–Kier alpha value is -0.530. The largest absolute Gasteiger partial charge is 0.307 e. The van der Waals surface area contributed by atoms with Gasteiger partial charge in [-0.2, -0.15) is 0 Å². The summed E-state index contributed by atoms with van der Waals surface area (Å²) in [5, 5.41) is 4.50. The smallest absolute Gasteiger partial charge is 0.0453 e. The maximum absolute atomic E-state index is 6.12. The van der Waals surface area contributed by atoms with Crippen molar-refractivity contribution in [3.63, 3.8) is 0 Å². The van der Waals surface area contributed by atoms with Crippen LogP contribution in [0, 0.1) is 0 Å². The number of hydrogen-bond acceptors (Lipinski definition) is 1. The van der Waals surface area contributed by atoms with Crippen molar-refractivity contribution in [1.82, 2.24) is 5.32 Å². The molecule has 2 heteroatoms. The van der Waals surface area contributed by atoms with Gasteiger partial charge >= 0.3 is 0 Å². The van der Waals surface area contributed by atoms with Gasteiger partial charge in [0.1, 0.15) is 0 Å². The lowest BCUT2D eigenvalue weighted by Crippen LogP contribution is -2.37. The Labute approximate surface area is 83.1 Å². The Morgan fingerprint density at radius 2 is 2.15 bits per heavy atom. The molecule has 1 nitrogen and oxygen atoms in total. The second-order valence-electron chi connectivity index (χ2n) is 4.19. The normalized spacial score (nSPS) is 22.8. The van der Waals surface area contributed by atoms with Crippen LogP contribution >= 0.6 is 11.6 Å². The molecular formula is C11H12ClN. The van der Waals surface area contributed by atoms with Crippen LogP contribution in [0.3, 0.4) is 0 Å². The van der Waals surface area contributed by atoms with Crippen LogP contribution in [0.4, 0.5) is 0 Å². The molecule has 1 aliphatic carbocycles. The lowest BCUT2D eigenvalue weighted by Gasteiger charge is -2.26. The summed E-state index contributed by atoms with van der Waals surface area (Å²) in [6, 6.07) is 6.25. The summed E-state index contributed by atoms with van der Waals surface area (Å²) in [6.45, 7) is 0.953. The molecule has 2 aliphatic rings. The van der Waals surface area contributed by atoms with Gasteiger partial charge in [-0.05, 0) is 36.5 Å². The van der Waals surface area contributed by atoms with Crippen molar-refractivity contribution in [2.45, 2.75) is 31.3 Å². The third-order valence-corrected chi connectivity index (χ3v) is 3.59. The Morgan fingerprint density at radius 3 is 2.92 bits per heavy atom. The van der Waals surface area contributed by atoms with Crippen molar-refractivity contribution in [3.8, 4) is 0 Å². The highest BCUT2D eigenvalue weighted by molar-refractivity contribution is 6.31. The summed E-state index contributed by atoms with van der Waals surface area (Å²) in [4.78, 5) is 0. The van der Waals surface area contributed by atoms with Crippen LogP contribution in [0.25, 0.3) is 0 Å². The topological polar surface area (TPSA) is 12.0 Å². The van der Waals surface area contributed by atoms with Gasteiger partial charge in [0.05, 0.1) is 0 Å². The van der Waals surface area contributed by atoms with Crippen LogP contribution in [0.15, 0.2) is 18.2 Å². The number of nitrogens with one attached hydrogen (secondary N) is 1. The van der Waals surface area contributed by atoms with Crippen LogP contribution in [-0.4, -0.2) is 5.54 Å². The van der Waals surface area contributed by atoms with Gasteiger partial charge in [0, 0.05) is 17.1 Å². The Morgan fingerprint density at radius 1 is 1.31 bits per heavy atom. The molecule has 0 radical (unpaired) electrons. The third-order valence-electron chi connectivity index (χ3n) is 3.24. The summed E-state index contributed by atoms with van der Waals surface area (Å²) in [7, 11) is 0. The number of hydrogen-bond donors (Lipinski definition) is 1. The average molecular weight is 194 g/mol. The molecule has 0 atom stereocenters. The molecule has 0 saturated heterocycles. The molecule has 1 fully saturated rings. The van der Waals surface area contributed by atoms with Gasteiger partial charge in [-0.15, -0.1) is 0 Å². The SMILES string of the molecule is Clc1cccc2c1CNC1(CC1)C2. The highest BCUT2D eigenvalue weighted by atomic mass is 35.5. The van der Waals surface area contributed by atoms with E-state index in [4.69, 9.17) is 11.6 Å². The summed E-state index contributed by atoms with van der Waals surface area (Å²) in [5.74, 6) is 0. The van der Waals surface area contributed by atoms with Crippen molar-refractivity contribution < 1.29 is 0 Å². The number of halogens is 1. The van der Waals surface area contributed by atoms with Crippen LogP contribution in [0.1, 0.15) is 24.0 Å². The van der Waals surface area contributed by atoms with Gasteiger partial charge in [-0.3, -0.25) is 0 Å². The first-order chi connectivity index (χ1) is 6.29. The first kappa shape index (κ1) is 7.84. The molecule has 0 unspecified atom stereocenters. The zero-order valence-corrected chi connectivity index (χ0v) is 8.19. The minimum atomic E-state index is 0.456. The van der Waals surface area contributed by atoms with Gasteiger partial charge in [0.25, 0.3) is 0 Å². The molecule has 1 saturated carbocycles. The van der Waals surface area contributed by atoms with Crippen molar-refractivity contribution in [2.75, 3.05) is 0 Å². The average Bonchev–Trinajstić information content (AvgIpc) is 2.85. The molecule has 0 amide bonds. The summed E-state index contributed by atoms with van der Waals surface area (Å²) in [5.41, 5.74) is 3.21. The van der Waals surface area contributed by atoms with E-state index in [0.717, 1.165) is 11.6 Å². The van der Waals surface area contributed by atoms with Gasteiger partial charge in [0.2, 0.25) is 0 Å². The standard InChI is InChI=1S/C11H12ClN/c12-10-3-1-2-8-6-11(4-5-11)13-7-9(8)10/h1-3,13H,4-7H2. The van der Waals surface area contributed by atoms with E-state index in [1.807, 2.05) is 6.07 Å². The van der Waals surface area contributed by atoms with E-state index in [-0.39, 0.29) is 0 Å². The zero-order valence-electron chi connectivity index (χ0n) is 7.44. The zero-order chi connectivity index (χ0) is 8.89. The molecule has 1 spiro atoms. The summed E-state index contributed by atoms with van der Waals surface area (Å²) < 4.78 is 0. The molecule has 1 aliphatic heterocycles. The maximum Gasteiger partial charge on any atom is 0.0453 e. The summed E-state index contributed by atoms with van der Waals surface area (Å²) in [6.07, 6.45) is 3.83. The van der Waals surface area contributed by atoms with Crippen LogP contribution in [-0.2, 0) is 13.0 Å². The number of benzene rings is 1. The van der Waals surface area contributed by atoms with E-state index in [2.05, 4.69) is 17.4 Å². The highest BCUT2D eigenvalue weighted by Gasteiger charge is 2.44. The third kappa shape index (κ3) is 1.18. The van der Waals surface area contributed by atoms with Crippen LogP contribution in [0.5, 0.6) is 0 Å². The molecule has 1 heterocycles. The Bertz CT molecular complexity index is 355. The van der Waals surface area contributed by atoms with Gasteiger partial charge in [-0.1, -0.05) is 23.7 Å². The van der Waals surface area contributed by atoms with Crippen molar-refractivity contribution in [3.05, 3.63) is 34.3 Å². The monoisotopic (exact) mass is 193 g/mol. The number of fused-ring (bicyclic) bond motifs is 1. The fraction of sp³-hybridized carbons (Fsp3) is 0.455. The van der Waals surface area contributed by atoms with Gasteiger partial charge < -0.3 is 5.32 Å². The predicted molar refractivity (Wildman–Crippen MR) is 54.0 cm³/mol. The van der Waals surface area contributed by atoms with E-state index in [1.165, 1.54) is 30.4 Å². The fourth-order valence-corrected chi connectivity index (χ4v) is 2.44. The molecular weight excluding hydrogens is 182 g/mol. The van der Waals surface area contributed by atoms with Gasteiger partial charge in [-0.25, -0.2) is 0 Å². The van der Waals surface area contributed by atoms with E-state index in [0.29, 0.717) is 5.54 Å². The van der Waals surface area contributed by atoms with E-state index in [1.54, 1.807) is 0 Å². The van der Waals surface area contributed by atoms with Crippen molar-refractivity contribution >= 4 is 11.6 Å². The first-order valence-corrected chi connectivity index (χ1v) is 5.18. The number of rotatable bonds is 0. The second kappa shape index (κ2) is 2.49. The molecule has 3 rings (SSSR count). The predicted octanol–water partition coefficient (Wildman–Crippen LogP) is 2.52. The van der Waals surface area contributed by atoms with E-state index in [9.17, 15) is 0 Å². The van der Waals surface area contributed by atoms with Crippen LogP contribution in [0.2, 0.25) is 5.02 Å². The van der Waals surface area contributed by atoms with Crippen molar-refractivity contribution in [1.29, 1.82) is 0 Å². The van der Waals surface area contributed by atoms with E-state index >= 15 is 0 Å². The molecule has 13 heavy (non-hydrogen) atoms. The van der Waals surface area contributed by atoms with Crippen LogP contribution < -0.4 is 5.32 Å². The quantitative estimate of drug-likeness (QED) is 0.668. The molecule has 1 aromatic rings. The summed E-state index contributed by atoms with van der Waals surface area (Å²) >= 11 is 6.12. The first-order valence-electron chi connectivity index (χ1n) is 4.80. The molecule has 0 bridgehead atoms. The fourth-order valence-electron chi connectivity index (χ4n) is 2.17. The Kier molecular flexibility index (Phi) is 1.50. The molecule has 68 valence electrons. The minimum absolute atomic E-state index is 0.456. The lowest BCUT2D eigenvalue weighted by atomic mass is 9.94. The molecule has 1 N–H and O–H groups in total. The Balaban J connectivity index is 2.05. The minimum Gasteiger partial charge on any atom is -0.307 e. The lowest BCUT2D eigenvalue weighted by molar-refractivity contribution is 0.464. The second-order valence-corrected chi connectivity index (χ2v) is 4.60. The molecule has 1 aromatic carbocycles. The van der Waals surface area contributed by atoms with E-state index < -0.39 is 0 Å². The highest BCUT2D eigenvalue weighted by Crippen LogP contribution is 2.42. The van der Waals surface area contributed by atoms with Gasteiger partial charge in [0.15, 0.2) is 0 Å². The molecule has 0 aromatic heterocycles.